The molecule has 1 rings (SSSR count). The topological polar surface area (TPSA) is 71.1 Å². The Kier molecular flexibility index (Phi) is 11.4. The van der Waals surface area contributed by atoms with E-state index in [0.717, 1.165) is 25.7 Å². The first-order valence-electron chi connectivity index (χ1n) is 10.3. The minimum Gasteiger partial charge on any atom is -0.489 e. The third kappa shape index (κ3) is 7.04. The first kappa shape index (κ1) is 25.0. The van der Waals surface area contributed by atoms with Crippen molar-refractivity contribution in [2.45, 2.75) is 60.3 Å². The monoisotopic (exact) mass is 425 g/mol. The Bertz CT molecular complexity index is 714. The van der Waals surface area contributed by atoms with E-state index >= 15 is 0 Å². The van der Waals surface area contributed by atoms with Crippen LogP contribution in [0.2, 0.25) is 0 Å². The number of allylic oxidation sites excluding steroid dienone is 1. The van der Waals surface area contributed by atoms with Gasteiger partial charge in [0, 0.05) is 11.6 Å². The highest BCUT2D eigenvalue weighted by Gasteiger charge is 2.40. The van der Waals surface area contributed by atoms with Gasteiger partial charge in [-0.05, 0) is 32.6 Å². The van der Waals surface area contributed by atoms with Gasteiger partial charge in [-0.1, -0.05) is 38.8 Å². The van der Waals surface area contributed by atoms with E-state index in [1.54, 1.807) is 13.0 Å². The molecule has 0 spiro atoms. The van der Waals surface area contributed by atoms with E-state index in [2.05, 4.69) is 6.58 Å². The van der Waals surface area contributed by atoms with Crippen molar-refractivity contribution in [2.24, 2.45) is 0 Å². The Morgan fingerprint density at radius 2 is 1.28 bits per heavy atom. The normalized spacial score (nSPS) is 11.0. The zero-order valence-corrected chi connectivity index (χ0v) is 19.2. The average Bonchev–Trinajstić information content (AvgIpc) is 2.72. The average molecular weight is 425 g/mol. The molecule has 1 aromatic carbocycles. The van der Waals surface area contributed by atoms with Gasteiger partial charge in [-0.2, -0.15) is 0 Å². The summed E-state index contributed by atoms with van der Waals surface area (Å²) in [7, 11) is -2.43. The molecule has 0 heterocycles. The number of benzene rings is 1. The van der Waals surface area contributed by atoms with Gasteiger partial charge in [0.15, 0.2) is 5.75 Å². The van der Waals surface area contributed by atoms with E-state index in [9.17, 15) is 9.36 Å². The summed E-state index contributed by atoms with van der Waals surface area (Å²) in [5.74, 6) is 1.46. The van der Waals surface area contributed by atoms with E-state index in [1.807, 2.05) is 27.7 Å². The van der Waals surface area contributed by atoms with Crippen molar-refractivity contribution in [3.05, 3.63) is 18.2 Å². The minimum atomic E-state index is -2.43. The number of hydrogen-bond acceptors (Lipinski definition) is 6. The second-order valence-electron chi connectivity index (χ2n) is 6.65. The maximum Gasteiger partial charge on any atom is 0.462 e. The fourth-order valence-electron chi connectivity index (χ4n) is 2.36. The van der Waals surface area contributed by atoms with Crippen molar-refractivity contribution in [3.8, 4) is 23.0 Å². The highest BCUT2D eigenvalue weighted by molar-refractivity contribution is 7.71. The van der Waals surface area contributed by atoms with Crippen LogP contribution in [-0.4, -0.2) is 32.0 Å². The van der Waals surface area contributed by atoms with Crippen LogP contribution in [0.5, 0.6) is 23.0 Å². The molecule has 162 valence electrons. The number of hydrogen-bond donors (Lipinski definition) is 0. The third-order valence-corrected chi connectivity index (χ3v) is 5.24. The van der Waals surface area contributed by atoms with Gasteiger partial charge in [0.2, 0.25) is 22.6 Å². The van der Waals surface area contributed by atoms with Gasteiger partial charge < -0.3 is 18.9 Å². The molecular weight excluding hydrogens is 391 g/mol. The number of rotatable bonds is 15. The first-order chi connectivity index (χ1) is 13.9. The number of carbonyl (C=O) groups excluding carboxylic acids is 1. The van der Waals surface area contributed by atoms with Crippen molar-refractivity contribution in [1.29, 1.82) is 0 Å². The van der Waals surface area contributed by atoms with Crippen LogP contribution in [0.4, 0.5) is 0 Å². The molecule has 0 saturated heterocycles. The van der Waals surface area contributed by atoms with Gasteiger partial charge >= 0.3 is 13.3 Å². The van der Waals surface area contributed by atoms with Crippen LogP contribution >= 0.6 is 7.80 Å². The lowest BCUT2D eigenvalue weighted by atomic mass is 10.2. The minimum absolute atomic E-state index is 0.228. The van der Waals surface area contributed by atoms with Crippen molar-refractivity contribution >= 4 is 18.6 Å². The van der Waals surface area contributed by atoms with E-state index < -0.39 is 13.3 Å². The molecule has 0 aliphatic carbocycles. The maximum absolute atomic E-state index is 13.1. The zero-order chi connectivity index (χ0) is 21.8. The summed E-state index contributed by atoms with van der Waals surface area (Å²) in [6, 6.07) is 1.59. The molecule has 0 radical (unpaired) electrons. The zero-order valence-electron chi connectivity index (χ0n) is 18.3. The fraction of sp³-hybridized carbons (Fsp3) is 0.591. The molecular formula is C22H34O6P+. The second kappa shape index (κ2) is 13.2. The molecule has 6 nitrogen and oxygen atoms in total. The lowest BCUT2D eigenvalue weighted by Gasteiger charge is -2.19. The summed E-state index contributed by atoms with van der Waals surface area (Å²) >= 11 is 0. The summed E-state index contributed by atoms with van der Waals surface area (Å²) in [5, 5.41) is 0.252. The molecule has 0 N–H and O–H groups in total. The summed E-state index contributed by atoms with van der Waals surface area (Å²) in [4.78, 5) is 12.4. The fourth-order valence-corrected chi connectivity index (χ4v) is 3.51. The molecule has 0 aliphatic rings. The Morgan fingerprint density at radius 1 is 0.828 bits per heavy atom. The predicted molar refractivity (Wildman–Crippen MR) is 117 cm³/mol. The van der Waals surface area contributed by atoms with Gasteiger partial charge in [-0.25, -0.2) is 4.79 Å². The van der Waals surface area contributed by atoms with E-state index in [4.69, 9.17) is 18.9 Å². The molecule has 1 unspecified atom stereocenters. The second-order valence-corrected chi connectivity index (χ2v) is 8.13. The van der Waals surface area contributed by atoms with Crippen LogP contribution in [0.15, 0.2) is 18.2 Å². The summed E-state index contributed by atoms with van der Waals surface area (Å²) in [6.45, 7) is 14.9. The molecule has 0 aliphatic heterocycles. The number of carbonyl (C=O) groups is 1. The van der Waals surface area contributed by atoms with Crippen molar-refractivity contribution in [2.75, 3.05) is 26.4 Å². The van der Waals surface area contributed by atoms with Gasteiger partial charge in [0.05, 0.1) is 26.4 Å². The summed E-state index contributed by atoms with van der Waals surface area (Å²) in [5.41, 5.74) is -0.294. The lowest BCUT2D eigenvalue weighted by Crippen LogP contribution is -2.15. The van der Waals surface area contributed by atoms with Crippen LogP contribution in [-0.2, 0) is 9.36 Å². The van der Waals surface area contributed by atoms with Gasteiger partial charge in [-0.3, -0.25) is 0 Å². The standard InChI is InChI=1S/C22H34O6P/c1-7-11-25-17-15-18(29(24)22(23)16(5)6)20(27-13-9-3)21(28-14-10-4)19(17)26-12-8-2/h15H,5,7-14H2,1-4,6H3/q+1. The summed E-state index contributed by atoms with van der Waals surface area (Å²) < 4.78 is 36.8. The molecule has 7 heteroatoms. The van der Waals surface area contributed by atoms with Gasteiger partial charge in [-0.15, -0.1) is 0 Å². The van der Waals surface area contributed by atoms with Crippen molar-refractivity contribution < 1.29 is 28.3 Å². The predicted octanol–water partition coefficient (Wildman–Crippen LogP) is 5.40. The van der Waals surface area contributed by atoms with Gasteiger partial charge in [0.1, 0.15) is 0 Å². The largest absolute Gasteiger partial charge is 0.489 e. The van der Waals surface area contributed by atoms with Crippen LogP contribution in [0.25, 0.3) is 0 Å². The molecule has 0 aromatic heterocycles. The lowest BCUT2D eigenvalue weighted by molar-refractivity contribution is -0.108. The van der Waals surface area contributed by atoms with Crippen LogP contribution in [0.3, 0.4) is 0 Å². The smallest absolute Gasteiger partial charge is 0.462 e. The molecule has 29 heavy (non-hydrogen) atoms. The maximum atomic E-state index is 13.1. The molecule has 0 fully saturated rings. The van der Waals surface area contributed by atoms with Gasteiger partial charge in [0.25, 0.3) is 0 Å². The van der Waals surface area contributed by atoms with Crippen LogP contribution < -0.4 is 24.3 Å². The first-order valence-corrected chi connectivity index (χ1v) is 11.6. The van der Waals surface area contributed by atoms with Crippen molar-refractivity contribution in [3.63, 3.8) is 0 Å². The molecule has 1 aromatic rings. The van der Waals surface area contributed by atoms with Crippen LogP contribution in [0, 0.1) is 0 Å². The SMILES string of the molecule is C=C(C)C(=O)[P+](=O)c1cc(OCCC)c(OCCC)c(OCCC)c1OCCC. The highest BCUT2D eigenvalue weighted by Crippen LogP contribution is 2.47. The molecule has 0 saturated carbocycles. The Labute approximate surface area is 175 Å². The number of ether oxygens (including phenoxy) is 4. The molecule has 1 atom stereocenters. The Hall–Kier alpha value is -2.07. The van der Waals surface area contributed by atoms with Crippen molar-refractivity contribution in [1.82, 2.24) is 0 Å². The quantitative estimate of drug-likeness (QED) is 0.277. The Morgan fingerprint density at radius 3 is 1.76 bits per heavy atom. The van der Waals surface area contributed by atoms with E-state index in [-0.39, 0.29) is 16.6 Å². The summed E-state index contributed by atoms with van der Waals surface area (Å²) in [6.07, 6.45) is 3.11. The van der Waals surface area contributed by atoms with E-state index in [1.165, 1.54) is 0 Å². The Balaban J connectivity index is 3.70. The molecule has 0 bridgehead atoms. The highest BCUT2D eigenvalue weighted by atomic mass is 31.1. The molecule has 0 amide bonds. The van der Waals surface area contributed by atoms with Crippen LogP contribution in [0.1, 0.15) is 60.3 Å². The third-order valence-electron chi connectivity index (χ3n) is 3.72. The van der Waals surface area contributed by atoms with E-state index in [0.29, 0.717) is 43.7 Å².